The fraction of sp³-hybridized carbons (Fsp3) is 0.410. The van der Waals surface area contributed by atoms with Crippen molar-refractivity contribution in [3.63, 3.8) is 0 Å². The van der Waals surface area contributed by atoms with E-state index < -0.39 is 81.0 Å². The van der Waals surface area contributed by atoms with E-state index in [1.54, 1.807) is 31.3 Å². The molecule has 22 heteroatoms. The number of pyridine rings is 1. The number of rotatable bonds is 10. The minimum Gasteiger partial charge on any atom is -0.346 e. The SMILES string of the molecule is C[C@@H]1CN(c2nc3nc([C@H](Cc4cc(F)cc(F)c4)NC(=O)Cn4nc(C(F)(F)F)c5c4C(F)(F)[C@@H]4CC[C@H]54)c(-c4cccc5c(NS(C)(=O)=O)nn(C)c45)cc3s2)CCN1. The molecule has 2 aromatic carbocycles. The highest BCUT2D eigenvalue weighted by Gasteiger charge is 2.63. The van der Waals surface area contributed by atoms with Gasteiger partial charge in [-0.25, -0.2) is 22.2 Å². The van der Waals surface area contributed by atoms with Gasteiger partial charge in [0.1, 0.15) is 23.9 Å². The molecule has 0 radical (unpaired) electrons. The normalized spacial score (nSPS) is 20.4. The number of nitrogens with one attached hydrogen (secondary N) is 3. The van der Waals surface area contributed by atoms with Crippen molar-refractivity contribution in [2.75, 3.05) is 35.5 Å². The maximum absolute atomic E-state index is 15.7. The summed E-state index contributed by atoms with van der Waals surface area (Å²) >= 11 is 1.35. The van der Waals surface area contributed by atoms with Gasteiger partial charge in [0.05, 0.1) is 28.2 Å². The molecule has 2 aliphatic carbocycles. The number of carbonyl (C=O) groups excluding carboxylic acids is 1. The zero-order valence-electron chi connectivity index (χ0n) is 32.6. The van der Waals surface area contributed by atoms with Gasteiger partial charge in [0.2, 0.25) is 15.9 Å². The van der Waals surface area contributed by atoms with Crippen LogP contribution in [0.15, 0.2) is 42.5 Å². The summed E-state index contributed by atoms with van der Waals surface area (Å²) in [7, 11) is -2.18. The average Bonchev–Trinajstić information content (AvgIpc) is 3.85. The van der Waals surface area contributed by atoms with E-state index in [4.69, 9.17) is 9.97 Å². The third kappa shape index (κ3) is 7.44. The van der Waals surface area contributed by atoms with Crippen LogP contribution in [0, 0.1) is 17.6 Å². The molecule has 0 unspecified atom stereocenters. The number of fused-ring (bicyclic) bond motifs is 5. The summed E-state index contributed by atoms with van der Waals surface area (Å²) in [6.07, 6.45) is -4.28. The second kappa shape index (κ2) is 14.6. The van der Waals surface area contributed by atoms with Crippen molar-refractivity contribution in [3.8, 4) is 11.1 Å². The molecule has 5 heterocycles. The Morgan fingerprint density at radius 3 is 2.49 bits per heavy atom. The van der Waals surface area contributed by atoms with E-state index in [2.05, 4.69) is 30.5 Å². The van der Waals surface area contributed by atoms with Crippen molar-refractivity contribution in [1.29, 1.82) is 0 Å². The first kappa shape index (κ1) is 41.0. The Hall–Kier alpha value is -5.35. The number of piperazine rings is 1. The lowest BCUT2D eigenvalue weighted by atomic mass is 9.73. The zero-order chi connectivity index (χ0) is 43.3. The van der Waals surface area contributed by atoms with Gasteiger partial charge in [-0.3, -0.25) is 18.9 Å². The van der Waals surface area contributed by atoms with E-state index in [1.807, 2.05) is 6.92 Å². The van der Waals surface area contributed by atoms with Gasteiger partial charge in [-0.2, -0.15) is 37.1 Å². The smallest absolute Gasteiger partial charge is 0.346 e. The fourth-order valence-corrected chi connectivity index (χ4v) is 10.4. The Labute approximate surface area is 347 Å². The Morgan fingerprint density at radius 1 is 1.07 bits per heavy atom. The molecule has 1 amide bonds. The summed E-state index contributed by atoms with van der Waals surface area (Å²) in [5.41, 5.74) is -1.36. The van der Waals surface area contributed by atoms with Crippen molar-refractivity contribution >= 4 is 59.5 Å². The number of aromatic nitrogens is 6. The van der Waals surface area contributed by atoms with Gasteiger partial charge in [0.25, 0.3) is 5.92 Å². The van der Waals surface area contributed by atoms with Crippen LogP contribution in [0.5, 0.6) is 0 Å². The molecule has 1 aliphatic heterocycles. The molecule has 322 valence electrons. The summed E-state index contributed by atoms with van der Waals surface area (Å²) in [6, 6.07) is 8.38. The van der Waals surface area contributed by atoms with Gasteiger partial charge in [0.15, 0.2) is 22.3 Å². The number of benzene rings is 2. The number of hydrogen-bond acceptors (Lipinski definition) is 10. The maximum atomic E-state index is 15.7. The second-order valence-electron chi connectivity index (χ2n) is 15.9. The fourth-order valence-electron chi connectivity index (χ4n) is 8.91. The van der Waals surface area contributed by atoms with Crippen molar-refractivity contribution in [2.45, 2.75) is 62.8 Å². The summed E-state index contributed by atoms with van der Waals surface area (Å²) in [5.74, 6) is -8.93. The summed E-state index contributed by atoms with van der Waals surface area (Å²) < 4.78 is 133. The molecule has 6 aromatic rings. The Bertz CT molecular complexity index is 2840. The van der Waals surface area contributed by atoms with Gasteiger partial charge in [0, 0.05) is 66.8 Å². The van der Waals surface area contributed by atoms with Crippen molar-refractivity contribution < 1.29 is 43.9 Å². The molecule has 0 bridgehead atoms. The number of anilines is 2. The third-order valence-electron chi connectivity index (χ3n) is 11.5. The van der Waals surface area contributed by atoms with Crippen LogP contribution in [0.1, 0.15) is 59.9 Å². The average molecular weight is 891 g/mol. The van der Waals surface area contributed by atoms with E-state index in [0.717, 1.165) is 18.4 Å². The molecular weight excluding hydrogens is 854 g/mol. The first-order chi connectivity index (χ1) is 28.7. The highest BCUT2D eigenvalue weighted by Crippen LogP contribution is 2.64. The molecular formula is C39H37F7N10O3S2. The summed E-state index contributed by atoms with van der Waals surface area (Å²) in [5, 5.41) is 15.1. The Balaban J connectivity index is 1.20. The van der Waals surface area contributed by atoms with E-state index >= 15 is 8.78 Å². The number of amides is 1. The topological polar surface area (TPSA) is 152 Å². The molecule has 61 heavy (non-hydrogen) atoms. The van der Waals surface area contributed by atoms with Crippen LogP contribution in [0.25, 0.3) is 32.4 Å². The predicted molar refractivity (Wildman–Crippen MR) is 213 cm³/mol. The van der Waals surface area contributed by atoms with Crippen molar-refractivity contribution in [2.24, 2.45) is 13.0 Å². The Kier molecular flexibility index (Phi) is 9.85. The molecule has 0 spiro atoms. The lowest BCUT2D eigenvalue weighted by Crippen LogP contribution is -2.49. The zero-order valence-corrected chi connectivity index (χ0v) is 34.3. The number of thiazole rings is 1. The highest BCUT2D eigenvalue weighted by molar-refractivity contribution is 7.92. The summed E-state index contributed by atoms with van der Waals surface area (Å²) in [6.45, 7) is 2.97. The van der Waals surface area contributed by atoms with Crippen LogP contribution < -0.4 is 20.3 Å². The maximum Gasteiger partial charge on any atom is 0.435 e. The number of sulfonamides is 1. The van der Waals surface area contributed by atoms with Gasteiger partial charge in [-0.1, -0.05) is 23.5 Å². The number of halogens is 7. The molecule has 4 atom stereocenters. The van der Waals surface area contributed by atoms with E-state index in [0.29, 0.717) is 62.2 Å². The molecule has 4 aromatic heterocycles. The standard InChI is InChI=1S/C39H37F7N10O3S2/c1-18-16-55(10-9-47-18)37-50-36-28(60-37)15-25(22-5-4-6-24-32(22)54(2)52-35(24)53-61(3,58)59)31(49-36)27(13-19-11-20(40)14-21(41)12-19)48-29(57)17-56-34-30(33(51-56)39(44,45)46)23-7-8-26(23)38(34,42)43/h4-6,11-12,14-15,18,23,26-27,47H,7-10,13,16-17H2,1-3H3,(H,48,57)(H,52,53)/t18-,23+,26-,27+/m1/s1. The van der Waals surface area contributed by atoms with Crippen LogP contribution in [0.4, 0.5) is 41.7 Å². The highest BCUT2D eigenvalue weighted by atomic mass is 32.2. The number of aryl methyl sites for hydroxylation is 1. The van der Waals surface area contributed by atoms with Crippen molar-refractivity contribution in [1.82, 2.24) is 40.2 Å². The minimum absolute atomic E-state index is 0.0142. The van der Waals surface area contributed by atoms with E-state index in [9.17, 15) is 35.2 Å². The number of alkyl halides is 5. The molecule has 1 saturated heterocycles. The Morgan fingerprint density at radius 2 is 1.82 bits per heavy atom. The van der Waals surface area contributed by atoms with Gasteiger partial charge >= 0.3 is 6.18 Å². The molecule has 9 rings (SSSR count). The van der Waals surface area contributed by atoms with E-state index in [1.165, 1.54) is 16.0 Å². The first-order valence-electron chi connectivity index (χ1n) is 19.3. The quantitative estimate of drug-likeness (QED) is 0.129. The van der Waals surface area contributed by atoms with Gasteiger partial charge < -0.3 is 15.5 Å². The molecule has 3 N–H and O–H groups in total. The lowest BCUT2D eigenvalue weighted by molar-refractivity contribution is -0.144. The van der Waals surface area contributed by atoms with Gasteiger partial charge in [-0.15, -0.1) is 0 Å². The van der Waals surface area contributed by atoms with E-state index in [-0.39, 0.29) is 48.0 Å². The lowest BCUT2D eigenvalue weighted by Gasteiger charge is -2.34. The van der Waals surface area contributed by atoms with Crippen LogP contribution >= 0.6 is 11.3 Å². The monoisotopic (exact) mass is 890 g/mol. The molecule has 1 saturated carbocycles. The second-order valence-corrected chi connectivity index (χ2v) is 18.6. The van der Waals surface area contributed by atoms with Crippen LogP contribution in [0.2, 0.25) is 0 Å². The number of hydrogen-bond donors (Lipinski definition) is 3. The molecule has 13 nitrogen and oxygen atoms in total. The van der Waals surface area contributed by atoms with Crippen molar-refractivity contribution in [3.05, 3.63) is 82.3 Å². The number of para-hydroxylation sites is 1. The predicted octanol–water partition coefficient (Wildman–Crippen LogP) is 6.61. The number of carbonyl (C=O) groups is 1. The van der Waals surface area contributed by atoms with Crippen LogP contribution in [-0.4, -0.2) is 75.8 Å². The molecule has 3 aliphatic rings. The van der Waals surface area contributed by atoms with Gasteiger partial charge in [-0.05, 0) is 61.9 Å². The van der Waals surface area contributed by atoms with Crippen LogP contribution in [-0.2, 0) is 46.9 Å². The first-order valence-corrected chi connectivity index (χ1v) is 22.0. The molecule has 2 fully saturated rings. The summed E-state index contributed by atoms with van der Waals surface area (Å²) in [4.78, 5) is 26.0. The van der Waals surface area contributed by atoms with Crippen LogP contribution in [0.3, 0.4) is 0 Å². The third-order valence-corrected chi connectivity index (χ3v) is 13.1. The largest absolute Gasteiger partial charge is 0.435 e. The minimum atomic E-state index is -5.07. The number of nitrogens with zero attached hydrogens (tertiary/aromatic N) is 7.